The minimum Gasteiger partial charge on any atom is -0.491 e. The van der Waals surface area contributed by atoms with Crippen molar-refractivity contribution >= 4 is 11.8 Å². The number of methoxy groups -OCH3 is 1. The van der Waals surface area contributed by atoms with Crippen LogP contribution in [-0.4, -0.2) is 93.7 Å². The molecule has 2 amide bonds. The van der Waals surface area contributed by atoms with Crippen LogP contribution in [0.1, 0.15) is 42.5 Å². The molecule has 3 heterocycles. The van der Waals surface area contributed by atoms with Crippen LogP contribution in [0.3, 0.4) is 0 Å². The predicted octanol–water partition coefficient (Wildman–Crippen LogP) is 2.51. The van der Waals surface area contributed by atoms with Gasteiger partial charge in [-0.3, -0.25) is 9.59 Å². The molecular weight excluding hydrogens is 394 g/mol. The minimum absolute atomic E-state index is 0.0250. The average molecular weight is 432 g/mol. The first-order valence-corrected chi connectivity index (χ1v) is 11.4. The topological polar surface area (TPSA) is 62.3 Å². The van der Waals surface area contributed by atoms with E-state index < -0.39 is 0 Å². The fourth-order valence-electron chi connectivity index (χ4n) is 4.70. The summed E-state index contributed by atoms with van der Waals surface area (Å²) in [6.45, 7) is 4.20. The number of amides is 2. The van der Waals surface area contributed by atoms with Crippen LogP contribution in [0.15, 0.2) is 24.3 Å². The van der Waals surface area contributed by atoms with E-state index in [0.717, 1.165) is 58.3 Å². The van der Waals surface area contributed by atoms with Gasteiger partial charge in [-0.1, -0.05) is 18.6 Å². The van der Waals surface area contributed by atoms with E-state index in [4.69, 9.17) is 9.47 Å². The number of rotatable bonds is 4. The van der Waals surface area contributed by atoms with Gasteiger partial charge in [0.1, 0.15) is 12.4 Å². The van der Waals surface area contributed by atoms with E-state index in [1.807, 2.05) is 53.1 Å². The van der Waals surface area contributed by atoms with E-state index in [2.05, 4.69) is 0 Å². The standard InChI is InChI=1S/C24H37N3O4/c1-25(2)18-22(28)26-13-7-6-10-24(19-30-3)11-14-27(15-12-24)23(29)20-8-4-5-9-21(20)31-17-16-26/h4-5,8-9H,6-7,10-19H2,1-3H3. The average Bonchev–Trinajstić information content (AvgIpc) is 2.75. The number of hydrogen-bond acceptors (Lipinski definition) is 5. The fourth-order valence-corrected chi connectivity index (χ4v) is 4.70. The summed E-state index contributed by atoms with van der Waals surface area (Å²) < 4.78 is 11.6. The van der Waals surface area contributed by atoms with E-state index in [-0.39, 0.29) is 17.2 Å². The molecule has 3 aliphatic heterocycles. The summed E-state index contributed by atoms with van der Waals surface area (Å²) in [5.41, 5.74) is 0.711. The van der Waals surface area contributed by atoms with Crippen molar-refractivity contribution in [1.29, 1.82) is 0 Å². The third kappa shape index (κ3) is 6.20. The first-order chi connectivity index (χ1) is 14.9. The number of benzene rings is 1. The molecule has 4 rings (SSSR count). The van der Waals surface area contributed by atoms with Gasteiger partial charge >= 0.3 is 0 Å². The minimum atomic E-state index is 0.0250. The lowest BCUT2D eigenvalue weighted by Gasteiger charge is -2.41. The molecule has 0 aromatic heterocycles. The van der Waals surface area contributed by atoms with Gasteiger partial charge in [0.05, 0.1) is 25.3 Å². The van der Waals surface area contributed by atoms with Crippen LogP contribution in [0.5, 0.6) is 5.75 Å². The number of carbonyl (C=O) groups excluding carboxylic acids is 2. The molecule has 0 spiro atoms. The van der Waals surface area contributed by atoms with Crippen molar-refractivity contribution in [3.8, 4) is 5.75 Å². The van der Waals surface area contributed by atoms with Crippen molar-refractivity contribution < 1.29 is 19.1 Å². The van der Waals surface area contributed by atoms with E-state index in [1.165, 1.54) is 0 Å². The van der Waals surface area contributed by atoms with Crippen LogP contribution in [-0.2, 0) is 9.53 Å². The Kier molecular flexibility index (Phi) is 8.32. The van der Waals surface area contributed by atoms with E-state index in [9.17, 15) is 9.59 Å². The normalized spacial score (nSPS) is 20.1. The maximum atomic E-state index is 13.2. The molecule has 1 saturated heterocycles. The van der Waals surface area contributed by atoms with E-state index in [0.29, 0.717) is 31.0 Å². The number of likely N-dealkylation sites (N-methyl/N-ethyl adjacent to an activating group) is 1. The zero-order valence-electron chi connectivity index (χ0n) is 19.3. The van der Waals surface area contributed by atoms with Crippen molar-refractivity contribution in [3.63, 3.8) is 0 Å². The summed E-state index contributed by atoms with van der Waals surface area (Å²) in [7, 11) is 5.57. The molecular formula is C24H37N3O4. The van der Waals surface area contributed by atoms with E-state index >= 15 is 0 Å². The van der Waals surface area contributed by atoms with Gasteiger partial charge < -0.3 is 24.2 Å². The van der Waals surface area contributed by atoms with Gasteiger partial charge in [-0.15, -0.1) is 0 Å². The van der Waals surface area contributed by atoms with Crippen LogP contribution in [0.4, 0.5) is 0 Å². The molecule has 1 aromatic rings. The molecule has 0 atom stereocenters. The summed E-state index contributed by atoms with van der Waals surface area (Å²) >= 11 is 0. The molecule has 0 aliphatic carbocycles. The monoisotopic (exact) mass is 431 g/mol. The molecule has 3 aliphatic rings. The predicted molar refractivity (Wildman–Crippen MR) is 120 cm³/mol. The summed E-state index contributed by atoms with van der Waals surface area (Å²) in [6, 6.07) is 7.44. The van der Waals surface area contributed by atoms with Crippen molar-refractivity contribution in [2.45, 2.75) is 32.1 Å². The molecule has 1 fully saturated rings. The second kappa shape index (κ2) is 11.0. The molecule has 0 unspecified atom stereocenters. The van der Waals surface area contributed by atoms with Gasteiger partial charge in [0.25, 0.3) is 5.91 Å². The lowest BCUT2D eigenvalue weighted by atomic mass is 9.75. The van der Waals surface area contributed by atoms with Crippen LogP contribution in [0.25, 0.3) is 0 Å². The molecule has 172 valence electrons. The Morgan fingerprint density at radius 3 is 2.55 bits per heavy atom. The van der Waals surface area contributed by atoms with Crippen LogP contribution in [0, 0.1) is 5.41 Å². The Hall–Kier alpha value is -2.12. The number of nitrogens with zero attached hydrogens (tertiary/aromatic N) is 3. The van der Waals surface area contributed by atoms with E-state index in [1.54, 1.807) is 7.11 Å². The Morgan fingerprint density at radius 2 is 1.84 bits per heavy atom. The molecule has 1 aromatic carbocycles. The van der Waals surface area contributed by atoms with Gasteiger partial charge in [0.15, 0.2) is 0 Å². The highest BCUT2D eigenvalue weighted by Crippen LogP contribution is 2.38. The quantitative estimate of drug-likeness (QED) is 0.733. The van der Waals surface area contributed by atoms with Crippen molar-refractivity contribution in [3.05, 3.63) is 29.8 Å². The third-order valence-corrected chi connectivity index (χ3v) is 6.49. The highest BCUT2D eigenvalue weighted by atomic mass is 16.5. The van der Waals surface area contributed by atoms with Gasteiger partial charge in [-0.05, 0) is 57.3 Å². The number of fused-ring (bicyclic) bond motifs is 9. The van der Waals surface area contributed by atoms with Crippen molar-refractivity contribution in [1.82, 2.24) is 14.7 Å². The number of piperidine rings is 1. The van der Waals surface area contributed by atoms with Gasteiger partial charge in [0, 0.05) is 26.7 Å². The van der Waals surface area contributed by atoms with Crippen LogP contribution < -0.4 is 4.74 Å². The number of ether oxygens (including phenoxy) is 2. The number of carbonyl (C=O) groups is 2. The SMILES string of the molecule is COCC12CCCCN(C(=O)CN(C)C)CCOc3ccccc3C(=O)N(CC1)CC2. The first kappa shape index (κ1) is 23.5. The molecule has 7 nitrogen and oxygen atoms in total. The highest BCUT2D eigenvalue weighted by Gasteiger charge is 2.36. The second-order valence-electron chi connectivity index (χ2n) is 9.15. The molecule has 0 saturated carbocycles. The largest absolute Gasteiger partial charge is 0.491 e. The Labute approximate surface area is 186 Å². The zero-order chi connectivity index (χ0) is 22.3. The first-order valence-electron chi connectivity index (χ1n) is 11.4. The second-order valence-corrected chi connectivity index (χ2v) is 9.15. The molecule has 0 N–H and O–H groups in total. The van der Waals surface area contributed by atoms with Crippen LogP contribution >= 0.6 is 0 Å². The maximum absolute atomic E-state index is 13.2. The molecule has 31 heavy (non-hydrogen) atoms. The Morgan fingerprint density at radius 1 is 1.10 bits per heavy atom. The summed E-state index contributed by atoms with van der Waals surface area (Å²) in [4.78, 5) is 31.7. The maximum Gasteiger partial charge on any atom is 0.257 e. The Balaban J connectivity index is 1.81. The highest BCUT2D eigenvalue weighted by molar-refractivity contribution is 5.97. The number of para-hydroxylation sites is 1. The number of hydrogen-bond donors (Lipinski definition) is 0. The van der Waals surface area contributed by atoms with Gasteiger partial charge in [-0.2, -0.15) is 0 Å². The van der Waals surface area contributed by atoms with Gasteiger partial charge in [0.2, 0.25) is 5.91 Å². The van der Waals surface area contributed by atoms with Crippen molar-refractivity contribution in [2.75, 3.05) is 67.1 Å². The van der Waals surface area contributed by atoms with Gasteiger partial charge in [-0.25, -0.2) is 0 Å². The molecule has 0 radical (unpaired) electrons. The smallest absolute Gasteiger partial charge is 0.257 e. The molecule has 7 heteroatoms. The Bertz CT molecular complexity index is 744. The summed E-state index contributed by atoms with van der Waals surface area (Å²) in [6.07, 6.45) is 4.96. The zero-order valence-corrected chi connectivity index (χ0v) is 19.3. The molecule has 2 bridgehead atoms. The van der Waals surface area contributed by atoms with Crippen LogP contribution in [0.2, 0.25) is 0 Å². The lowest BCUT2D eigenvalue weighted by molar-refractivity contribution is -0.132. The fraction of sp³-hybridized carbons (Fsp3) is 0.667. The lowest BCUT2D eigenvalue weighted by Crippen LogP contribution is -2.45. The third-order valence-electron chi connectivity index (χ3n) is 6.49. The van der Waals surface area contributed by atoms with Crippen molar-refractivity contribution in [2.24, 2.45) is 5.41 Å². The summed E-state index contributed by atoms with van der Waals surface area (Å²) in [5.74, 6) is 0.731. The summed E-state index contributed by atoms with van der Waals surface area (Å²) in [5, 5.41) is 0.